The van der Waals surface area contributed by atoms with Crippen LogP contribution in [0.3, 0.4) is 0 Å². The summed E-state index contributed by atoms with van der Waals surface area (Å²) in [7, 11) is -3.92. The van der Waals surface area contributed by atoms with Crippen molar-refractivity contribution >= 4 is 44.7 Å². The molecule has 0 bridgehead atoms. The average molecular weight is 766 g/mol. The summed E-state index contributed by atoms with van der Waals surface area (Å²) in [4.78, 5) is 66.4. The number of amides is 4. The summed E-state index contributed by atoms with van der Waals surface area (Å²) in [5, 5.41) is 8.88. The van der Waals surface area contributed by atoms with Gasteiger partial charge in [0.15, 0.2) is 11.5 Å². The van der Waals surface area contributed by atoms with Gasteiger partial charge in [0.25, 0.3) is 11.8 Å². The number of halogens is 1. The first-order chi connectivity index (χ1) is 25.8. The van der Waals surface area contributed by atoms with Gasteiger partial charge < -0.3 is 24.8 Å². The van der Waals surface area contributed by atoms with Crippen molar-refractivity contribution in [1.82, 2.24) is 35.4 Å². The van der Waals surface area contributed by atoms with Gasteiger partial charge in [-0.25, -0.2) is 22.8 Å². The molecular formula is C37H44FN7O8S. The van der Waals surface area contributed by atoms with E-state index in [0.717, 1.165) is 12.8 Å². The molecule has 0 radical (unpaired) electrons. The highest BCUT2D eigenvalue weighted by Gasteiger charge is 2.62. The molecule has 1 aromatic carbocycles. The molecule has 2 aromatic heterocycles. The lowest BCUT2D eigenvalue weighted by Gasteiger charge is -2.29. The topological polar surface area (TPSA) is 203 Å². The summed E-state index contributed by atoms with van der Waals surface area (Å²) in [5.74, 6) is -3.19. The lowest BCUT2D eigenvalue weighted by atomic mass is 10.0. The fourth-order valence-electron chi connectivity index (χ4n) is 7.25. The van der Waals surface area contributed by atoms with Crippen LogP contribution in [-0.4, -0.2) is 87.6 Å². The molecule has 4 aliphatic rings. The third-order valence-corrected chi connectivity index (χ3v) is 12.6. The quantitative estimate of drug-likeness (QED) is 0.285. The van der Waals surface area contributed by atoms with Crippen LogP contribution in [0.25, 0.3) is 11.0 Å². The van der Waals surface area contributed by atoms with Crippen LogP contribution < -0.4 is 20.1 Å². The Balaban J connectivity index is 1.21. The predicted octanol–water partition coefficient (Wildman–Crippen LogP) is 3.09. The van der Waals surface area contributed by atoms with E-state index in [1.807, 2.05) is 19.1 Å². The van der Waals surface area contributed by atoms with Crippen LogP contribution in [0, 0.1) is 25.6 Å². The highest BCUT2D eigenvalue weighted by Crippen LogP contribution is 2.46. The summed E-state index contributed by atoms with van der Waals surface area (Å²) in [5.41, 5.74) is -0.158. The molecule has 5 atom stereocenters. The minimum atomic E-state index is -3.92. The van der Waals surface area contributed by atoms with Gasteiger partial charge in [-0.15, -0.1) is 0 Å². The van der Waals surface area contributed by atoms with E-state index in [1.165, 1.54) is 17.0 Å². The van der Waals surface area contributed by atoms with Gasteiger partial charge in [-0.3, -0.25) is 23.9 Å². The van der Waals surface area contributed by atoms with Crippen LogP contribution in [0.15, 0.2) is 34.9 Å². The van der Waals surface area contributed by atoms with Crippen molar-refractivity contribution in [3.8, 4) is 5.88 Å². The molecule has 7 rings (SSSR count). The van der Waals surface area contributed by atoms with Crippen molar-refractivity contribution in [2.24, 2.45) is 5.92 Å². The Kier molecular flexibility index (Phi) is 10.2. The lowest BCUT2D eigenvalue weighted by Crippen LogP contribution is -2.58. The Bertz CT molecular complexity index is 2140. The average Bonchev–Trinajstić information content (AvgIpc) is 4.04. The van der Waals surface area contributed by atoms with Crippen molar-refractivity contribution in [1.29, 1.82) is 0 Å². The molecule has 54 heavy (non-hydrogen) atoms. The van der Waals surface area contributed by atoms with Gasteiger partial charge in [0.05, 0.1) is 17.3 Å². The number of para-hydroxylation sites is 1. The minimum absolute atomic E-state index is 0.00876. The van der Waals surface area contributed by atoms with E-state index in [0.29, 0.717) is 54.6 Å². The fraction of sp³-hybridized carbons (Fsp3) is 0.541. The number of sulfonamides is 1. The van der Waals surface area contributed by atoms with Gasteiger partial charge >= 0.3 is 0 Å². The second kappa shape index (κ2) is 14.7. The molecule has 4 heterocycles. The summed E-state index contributed by atoms with van der Waals surface area (Å²) in [6, 6.07) is 2.20. The van der Waals surface area contributed by atoms with Crippen molar-refractivity contribution < 1.29 is 41.2 Å². The molecule has 15 nitrogen and oxygen atoms in total. The molecular weight excluding hydrogens is 722 g/mol. The zero-order valence-corrected chi connectivity index (χ0v) is 31.2. The third-order valence-electron chi connectivity index (χ3n) is 10.8. The maximum absolute atomic E-state index is 14.8. The number of hydrogen-bond donors (Lipinski definition) is 3. The molecule has 3 N–H and O–H groups in total. The summed E-state index contributed by atoms with van der Waals surface area (Å²) in [6.45, 7) is 5.10. The Morgan fingerprint density at radius 1 is 1.13 bits per heavy atom. The SMILES string of the molecule is CCc1nc2cccc(F)c2nc1O[C@@H]1C[C@H]2C(=O)N[C@]3(C(=O)NS(=O)(=O)C4CC4)C[C@H]3/C=C\CCCCC[C@H](NC(=O)c3noc(C)c3C)C(=O)N2C1. The molecule has 0 spiro atoms. The number of carbonyl (C=O) groups excluding carboxylic acids is 4. The van der Waals surface area contributed by atoms with Gasteiger partial charge in [0, 0.05) is 17.9 Å². The number of fused-ring (bicyclic) bond motifs is 3. The third kappa shape index (κ3) is 7.42. The van der Waals surface area contributed by atoms with Gasteiger partial charge in [-0.05, 0) is 70.9 Å². The number of aromatic nitrogens is 3. The number of benzene rings is 1. The monoisotopic (exact) mass is 765 g/mol. The standard InChI is InChI=1S/C37H44FN7O8S/c1-4-26-34(41-31-25(38)12-10-14-27(31)39-26)52-23-17-29-32(46)42-37(36(49)44-54(50,51)24-15-16-24)18-22(37)11-8-6-5-7-9-13-28(35(48)45(29)19-23)40-33(47)30-20(2)21(3)53-43-30/h8,10-12,14,22-24,28-29H,4-7,9,13,15-19H2,1-3H3,(H,40,47)(H,42,46)(H,44,49)/b11-8-/t22-,23-,28+,29+,37-/m1/s1. The Morgan fingerprint density at radius 3 is 2.65 bits per heavy atom. The van der Waals surface area contributed by atoms with Crippen molar-refractivity contribution in [2.75, 3.05) is 6.54 Å². The summed E-state index contributed by atoms with van der Waals surface area (Å²) < 4.78 is 54.1. The number of nitrogens with zero attached hydrogens (tertiary/aromatic N) is 4. The smallest absolute Gasteiger partial charge is 0.274 e. The zero-order chi connectivity index (χ0) is 38.4. The molecule has 0 unspecified atom stereocenters. The van der Waals surface area contributed by atoms with Crippen LogP contribution >= 0.6 is 0 Å². The van der Waals surface area contributed by atoms with Crippen LogP contribution in [0.2, 0.25) is 0 Å². The first-order valence-corrected chi connectivity index (χ1v) is 20.1. The first kappa shape index (κ1) is 37.4. The number of carbonyl (C=O) groups is 4. The highest BCUT2D eigenvalue weighted by molar-refractivity contribution is 7.91. The molecule has 1 saturated heterocycles. The largest absolute Gasteiger partial charge is 0.471 e. The molecule has 17 heteroatoms. The second-order valence-corrected chi connectivity index (χ2v) is 16.6. The normalized spacial score (nSPS) is 26.9. The summed E-state index contributed by atoms with van der Waals surface area (Å²) >= 11 is 0. The number of nitrogens with one attached hydrogen (secondary N) is 3. The van der Waals surface area contributed by atoms with E-state index in [1.54, 1.807) is 19.9 Å². The van der Waals surface area contributed by atoms with Crippen molar-refractivity contribution in [2.45, 2.75) is 114 Å². The maximum atomic E-state index is 14.8. The van der Waals surface area contributed by atoms with Gasteiger partial charge in [-0.1, -0.05) is 43.1 Å². The molecule has 3 fully saturated rings. The van der Waals surface area contributed by atoms with Crippen LogP contribution in [-0.2, 0) is 30.8 Å². The van der Waals surface area contributed by atoms with Crippen LogP contribution in [0.4, 0.5) is 4.39 Å². The molecule has 4 amide bonds. The Morgan fingerprint density at radius 2 is 1.93 bits per heavy atom. The lowest BCUT2D eigenvalue weighted by molar-refractivity contribution is -0.141. The van der Waals surface area contributed by atoms with Gasteiger partial charge in [0.1, 0.15) is 40.7 Å². The maximum Gasteiger partial charge on any atom is 0.274 e. The van der Waals surface area contributed by atoms with E-state index in [9.17, 15) is 32.0 Å². The Labute approximate surface area is 311 Å². The second-order valence-electron chi connectivity index (χ2n) is 14.7. The van der Waals surface area contributed by atoms with Gasteiger partial charge in [-0.2, -0.15) is 0 Å². The molecule has 2 saturated carbocycles. The molecule has 2 aliphatic heterocycles. The first-order valence-electron chi connectivity index (χ1n) is 18.5. The zero-order valence-electron chi connectivity index (χ0n) is 30.4. The number of rotatable bonds is 8. The van der Waals surface area contributed by atoms with Crippen LogP contribution in [0.1, 0.15) is 92.2 Å². The highest BCUT2D eigenvalue weighted by atomic mass is 32.2. The molecule has 2 aliphatic carbocycles. The number of hydrogen-bond acceptors (Lipinski definition) is 11. The predicted molar refractivity (Wildman–Crippen MR) is 192 cm³/mol. The van der Waals surface area contributed by atoms with Crippen molar-refractivity contribution in [3.63, 3.8) is 0 Å². The number of aryl methyl sites for hydroxylation is 2. The number of ether oxygens (including phenoxy) is 1. The van der Waals surface area contributed by atoms with E-state index in [2.05, 4.69) is 30.5 Å². The summed E-state index contributed by atoms with van der Waals surface area (Å²) in [6.07, 6.45) is 7.38. The fourth-order valence-corrected chi connectivity index (χ4v) is 8.61. The van der Waals surface area contributed by atoms with Gasteiger partial charge in [0.2, 0.25) is 27.7 Å². The van der Waals surface area contributed by atoms with E-state index in [4.69, 9.17) is 9.26 Å². The number of allylic oxidation sites excluding steroid dienone is 1. The van der Waals surface area contributed by atoms with Crippen LogP contribution in [0.5, 0.6) is 5.88 Å². The van der Waals surface area contributed by atoms with E-state index in [-0.39, 0.29) is 42.9 Å². The Hall–Kier alpha value is -4.93. The van der Waals surface area contributed by atoms with E-state index < -0.39 is 74.4 Å². The van der Waals surface area contributed by atoms with Crippen molar-refractivity contribution in [3.05, 3.63) is 58.9 Å². The van der Waals surface area contributed by atoms with E-state index >= 15 is 0 Å². The molecule has 288 valence electrons. The minimum Gasteiger partial charge on any atom is -0.471 e. The molecule has 3 aromatic rings.